The number of carboxylic acids is 1. The molecule has 0 saturated carbocycles. The molecular formula is C13H23N3O3. The SMILES string of the molecule is CC(C#N)CN(C)C(=O)N(CCC(=O)O)C(C)(C)C. The monoisotopic (exact) mass is 269 g/mol. The van der Waals surface area contributed by atoms with Gasteiger partial charge in [-0.15, -0.1) is 0 Å². The maximum absolute atomic E-state index is 12.3. The second-order valence-corrected chi connectivity index (χ2v) is 5.66. The maximum Gasteiger partial charge on any atom is 0.320 e. The molecule has 0 rings (SSSR count). The second kappa shape index (κ2) is 6.98. The minimum absolute atomic E-state index is 0.0926. The number of nitriles is 1. The van der Waals surface area contributed by atoms with Crippen molar-refractivity contribution in [3.63, 3.8) is 0 Å². The van der Waals surface area contributed by atoms with E-state index in [-0.39, 0.29) is 24.9 Å². The fourth-order valence-corrected chi connectivity index (χ4v) is 1.66. The van der Waals surface area contributed by atoms with Crippen LogP contribution in [-0.4, -0.2) is 52.6 Å². The molecule has 6 heteroatoms. The summed E-state index contributed by atoms with van der Waals surface area (Å²) in [6.07, 6.45) is -0.0926. The number of aliphatic carboxylic acids is 1. The Kier molecular flexibility index (Phi) is 6.33. The smallest absolute Gasteiger partial charge is 0.320 e. The van der Waals surface area contributed by atoms with Gasteiger partial charge in [0, 0.05) is 25.7 Å². The highest BCUT2D eigenvalue weighted by Gasteiger charge is 2.29. The van der Waals surface area contributed by atoms with Gasteiger partial charge in [-0.1, -0.05) is 0 Å². The Bertz CT molecular complexity index is 368. The van der Waals surface area contributed by atoms with E-state index in [2.05, 4.69) is 6.07 Å². The van der Waals surface area contributed by atoms with Gasteiger partial charge in [0.05, 0.1) is 18.4 Å². The molecule has 0 aromatic heterocycles. The molecule has 0 fully saturated rings. The molecule has 6 nitrogen and oxygen atoms in total. The Labute approximate surface area is 114 Å². The van der Waals surface area contributed by atoms with E-state index in [0.29, 0.717) is 6.54 Å². The van der Waals surface area contributed by atoms with Crippen LogP contribution in [0.1, 0.15) is 34.1 Å². The van der Waals surface area contributed by atoms with Crippen molar-refractivity contribution in [3.05, 3.63) is 0 Å². The van der Waals surface area contributed by atoms with Crippen molar-refractivity contribution in [1.29, 1.82) is 5.26 Å². The summed E-state index contributed by atoms with van der Waals surface area (Å²) in [5.74, 6) is -1.19. The first-order chi connectivity index (χ1) is 8.59. The van der Waals surface area contributed by atoms with Crippen LogP contribution in [0.5, 0.6) is 0 Å². The molecule has 0 aliphatic carbocycles. The molecule has 0 spiro atoms. The number of hydrogen-bond acceptors (Lipinski definition) is 3. The Morgan fingerprint density at radius 1 is 1.37 bits per heavy atom. The van der Waals surface area contributed by atoms with Crippen LogP contribution in [0.3, 0.4) is 0 Å². The van der Waals surface area contributed by atoms with Crippen LogP contribution in [0.15, 0.2) is 0 Å². The molecule has 1 N–H and O–H groups in total. The van der Waals surface area contributed by atoms with Crippen LogP contribution in [0.25, 0.3) is 0 Å². The van der Waals surface area contributed by atoms with Gasteiger partial charge in [-0.05, 0) is 27.7 Å². The van der Waals surface area contributed by atoms with E-state index >= 15 is 0 Å². The summed E-state index contributed by atoms with van der Waals surface area (Å²) >= 11 is 0. The minimum Gasteiger partial charge on any atom is -0.481 e. The summed E-state index contributed by atoms with van der Waals surface area (Å²) in [5.41, 5.74) is -0.462. The molecule has 19 heavy (non-hydrogen) atoms. The van der Waals surface area contributed by atoms with Gasteiger partial charge in [0.2, 0.25) is 0 Å². The highest BCUT2D eigenvalue weighted by atomic mass is 16.4. The van der Waals surface area contributed by atoms with Gasteiger partial charge in [-0.3, -0.25) is 4.79 Å². The molecule has 0 aromatic rings. The Morgan fingerprint density at radius 3 is 2.26 bits per heavy atom. The number of carboxylic acid groups (broad SMARTS) is 1. The lowest BCUT2D eigenvalue weighted by molar-refractivity contribution is -0.137. The molecule has 0 bridgehead atoms. The number of carbonyl (C=O) groups is 2. The van der Waals surface area contributed by atoms with Gasteiger partial charge in [-0.25, -0.2) is 4.79 Å². The van der Waals surface area contributed by atoms with Crippen LogP contribution in [0, 0.1) is 17.2 Å². The molecule has 1 unspecified atom stereocenters. The Morgan fingerprint density at radius 2 is 1.89 bits per heavy atom. The van der Waals surface area contributed by atoms with Crippen LogP contribution < -0.4 is 0 Å². The Hall–Kier alpha value is -1.77. The zero-order valence-electron chi connectivity index (χ0n) is 12.3. The van der Waals surface area contributed by atoms with Crippen molar-refractivity contribution < 1.29 is 14.7 Å². The minimum atomic E-state index is -0.935. The second-order valence-electron chi connectivity index (χ2n) is 5.66. The van der Waals surface area contributed by atoms with Crippen LogP contribution in [-0.2, 0) is 4.79 Å². The zero-order valence-corrected chi connectivity index (χ0v) is 12.3. The van der Waals surface area contributed by atoms with Crippen LogP contribution in [0.4, 0.5) is 4.79 Å². The lowest BCUT2D eigenvalue weighted by Crippen LogP contribution is -2.52. The predicted molar refractivity (Wildman–Crippen MR) is 71.5 cm³/mol. The van der Waals surface area contributed by atoms with E-state index in [1.165, 1.54) is 9.80 Å². The van der Waals surface area contributed by atoms with E-state index in [9.17, 15) is 9.59 Å². The number of amides is 2. The summed E-state index contributed by atoms with van der Waals surface area (Å²) in [4.78, 5) is 25.9. The molecule has 0 saturated heterocycles. The number of carbonyl (C=O) groups excluding carboxylic acids is 1. The van der Waals surface area contributed by atoms with Gasteiger partial charge < -0.3 is 14.9 Å². The van der Waals surface area contributed by atoms with Gasteiger partial charge >= 0.3 is 12.0 Å². The summed E-state index contributed by atoms with van der Waals surface area (Å²) in [7, 11) is 1.62. The first-order valence-corrected chi connectivity index (χ1v) is 6.23. The van der Waals surface area contributed by atoms with Gasteiger partial charge in [-0.2, -0.15) is 5.26 Å². The van der Waals surface area contributed by atoms with E-state index in [1.54, 1.807) is 14.0 Å². The highest BCUT2D eigenvalue weighted by Crippen LogP contribution is 2.16. The summed E-state index contributed by atoms with van der Waals surface area (Å²) in [5, 5.41) is 17.5. The topological polar surface area (TPSA) is 84.6 Å². The third kappa shape index (κ3) is 6.09. The average molecular weight is 269 g/mol. The summed E-state index contributed by atoms with van der Waals surface area (Å²) in [6, 6.07) is 1.82. The van der Waals surface area contributed by atoms with Crippen molar-refractivity contribution in [2.45, 2.75) is 39.7 Å². The summed E-state index contributed by atoms with van der Waals surface area (Å²) in [6.45, 7) is 7.79. The fourth-order valence-electron chi connectivity index (χ4n) is 1.66. The van der Waals surface area contributed by atoms with Crippen molar-refractivity contribution in [2.24, 2.45) is 5.92 Å². The number of nitrogens with zero attached hydrogens (tertiary/aromatic N) is 3. The fraction of sp³-hybridized carbons (Fsp3) is 0.769. The van der Waals surface area contributed by atoms with E-state index < -0.39 is 11.5 Å². The molecule has 2 amide bonds. The molecule has 0 aromatic carbocycles. The van der Waals surface area contributed by atoms with Crippen molar-refractivity contribution in [1.82, 2.24) is 9.80 Å². The number of hydrogen-bond donors (Lipinski definition) is 1. The highest BCUT2D eigenvalue weighted by molar-refractivity contribution is 5.76. The van der Waals surface area contributed by atoms with Crippen LogP contribution in [0.2, 0.25) is 0 Å². The van der Waals surface area contributed by atoms with Crippen molar-refractivity contribution >= 4 is 12.0 Å². The Balaban J connectivity index is 4.81. The first-order valence-electron chi connectivity index (χ1n) is 6.23. The molecule has 0 heterocycles. The van der Waals surface area contributed by atoms with Gasteiger partial charge in [0.1, 0.15) is 0 Å². The van der Waals surface area contributed by atoms with Gasteiger partial charge in [0.25, 0.3) is 0 Å². The van der Waals surface area contributed by atoms with E-state index in [1.807, 2.05) is 20.8 Å². The van der Waals surface area contributed by atoms with Crippen molar-refractivity contribution in [3.8, 4) is 6.07 Å². The van der Waals surface area contributed by atoms with Crippen LogP contribution >= 0.6 is 0 Å². The third-order valence-electron chi connectivity index (χ3n) is 2.68. The lowest BCUT2D eigenvalue weighted by atomic mass is 10.1. The molecule has 0 aliphatic heterocycles. The molecule has 108 valence electrons. The largest absolute Gasteiger partial charge is 0.481 e. The van der Waals surface area contributed by atoms with Crippen molar-refractivity contribution in [2.75, 3.05) is 20.1 Å². The van der Waals surface area contributed by atoms with E-state index in [4.69, 9.17) is 10.4 Å². The van der Waals surface area contributed by atoms with E-state index in [0.717, 1.165) is 0 Å². The zero-order chi connectivity index (χ0) is 15.2. The summed E-state index contributed by atoms with van der Waals surface area (Å²) < 4.78 is 0. The molecule has 0 aliphatic rings. The lowest BCUT2D eigenvalue weighted by Gasteiger charge is -2.38. The molecule has 0 radical (unpaired) electrons. The maximum atomic E-state index is 12.3. The molecular weight excluding hydrogens is 246 g/mol. The normalized spacial score (nSPS) is 12.4. The number of rotatable bonds is 5. The average Bonchev–Trinajstić information content (AvgIpc) is 2.26. The predicted octanol–water partition coefficient (Wildman–Crippen LogP) is 1.77. The number of urea groups is 1. The molecule has 1 atom stereocenters. The van der Waals surface area contributed by atoms with Gasteiger partial charge in [0.15, 0.2) is 0 Å². The quantitative estimate of drug-likeness (QED) is 0.824. The third-order valence-corrected chi connectivity index (χ3v) is 2.68. The standard InChI is InChI=1S/C13H23N3O3/c1-10(8-14)9-15(5)12(19)16(13(2,3)4)7-6-11(17)18/h10H,6-7,9H2,1-5H3,(H,17,18). The first kappa shape index (κ1) is 17.2.